The Bertz CT molecular complexity index is 608. The average Bonchev–Trinajstić information content (AvgIpc) is 2.37. The molecular formula is C15H15BrClNO2. The number of nitrogens with two attached hydrogens (primary N) is 1. The van der Waals surface area contributed by atoms with Gasteiger partial charge >= 0.3 is 0 Å². The van der Waals surface area contributed by atoms with Gasteiger partial charge in [-0.1, -0.05) is 23.2 Å². The second-order valence-electron chi connectivity index (χ2n) is 4.41. The maximum Gasteiger partial charge on any atom is 0.156 e. The van der Waals surface area contributed by atoms with E-state index in [1.165, 1.54) is 0 Å². The minimum absolute atomic E-state index is 0.370. The van der Waals surface area contributed by atoms with E-state index in [0.29, 0.717) is 23.1 Å². The van der Waals surface area contributed by atoms with E-state index in [0.717, 1.165) is 21.3 Å². The van der Waals surface area contributed by atoms with Crippen molar-refractivity contribution in [3.8, 4) is 11.5 Å². The first-order valence-corrected chi connectivity index (χ1v) is 7.19. The van der Waals surface area contributed by atoms with Crippen molar-refractivity contribution in [2.75, 3.05) is 12.8 Å². The average molecular weight is 357 g/mol. The molecule has 5 heteroatoms. The molecule has 0 amide bonds. The van der Waals surface area contributed by atoms with Crippen molar-refractivity contribution in [3.05, 3.63) is 51.0 Å². The Kier molecular flexibility index (Phi) is 4.78. The van der Waals surface area contributed by atoms with Gasteiger partial charge in [0.1, 0.15) is 12.4 Å². The zero-order valence-electron chi connectivity index (χ0n) is 11.2. The first kappa shape index (κ1) is 15.0. The maximum atomic E-state index is 5.92. The molecule has 0 aliphatic heterocycles. The molecule has 0 aliphatic carbocycles. The van der Waals surface area contributed by atoms with E-state index in [1.54, 1.807) is 19.2 Å². The summed E-state index contributed by atoms with van der Waals surface area (Å²) in [7, 11) is 1.64. The Morgan fingerprint density at radius 1 is 1.25 bits per heavy atom. The number of halogens is 2. The second kappa shape index (κ2) is 6.37. The van der Waals surface area contributed by atoms with Crippen LogP contribution >= 0.6 is 27.5 Å². The van der Waals surface area contributed by atoms with Crippen molar-refractivity contribution >= 4 is 33.2 Å². The molecule has 0 radical (unpaired) electrons. The Labute approximate surface area is 131 Å². The fourth-order valence-electron chi connectivity index (χ4n) is 1.90. The number of aryl methyl sites for hydroxylation is 1. The molecule has 106 valence electrons. The van der Waals surface area contributed by atoms with E-state index < -0.39 is 0 Å². The highest BCUT2D eigenvalue weighted by Gasteiger charge is 2.10. The fraction of sp³-hybridized carbons (Fsp3) is 0.200. The first-order valence-electron chi connectivity index (χ1n) is 6.02. The lowest BCUT2D eigenvalue weighted by Gasteiger charge is -2.14. The van der Waals surface area contributed by atoms with Crippen molar-refractivity contribution in [3.63, 3.8) is 0 Å². The van der Waals surface area contributed by atoms with Gasteiger partial charge in [-0.15, -0.1) is 0 Å². The molecule has 0 aromatic heterocycles. The zero-order chi connectivity index (χ0) is 14.7. The Morgan fingerprint density at radius 3 is 2.65 bits per heavy atom. The summed E-state index contributed by atoms with van der Waals surface area (Å²) in [6, 6.07) is 9.36. The third-order valence-corrected chi connectivity index (χ3v) is 3.65. The molecule has 0 atom stereocenters. The summed E-state index contributed by atoms with van der Waals surface area (Å²) in [5, 5.41) is 0.565. The predicted octanol–water partition coefficient (Wildman–Crippen LogP) is 4.58. The smallest absolute Gasteiger partial charge is 0.156 e. The van der Waals surface area contributed by atoms with Gasteiger partial charge in [-0.2, -0.15) is 0 Å². The van der Waals surface area contributed by atoms with Crippen LogP contribution in [0.15, 0.2) is 34.8 Å². The van der Waals surface area contributed by atoms with Gasteiger partial charge in [0.15, 0.2) is 5.75 Å². The van der Waals surface area contributed by atoms with Crippen molar-refractivity contribution in [2.45, 2.75) is 13.5 Å². The number of ether oxygens (including phenoxy) is 2. The molecule has 2 aromatic carbocycles. The molecule has 0 fully saturated rings. The highest BCUT2D eigenvalue weighted by molar-refractivity contribution is 9.10. The molecule has 2 N–H and O–H groups in total. The van der Waals surface area contributed by atoms with Crippen LogP contribution in [0, 0.1) is 6.92 Å². The number of benzene rings is 2. The SMILES string of the molecule is COc1ccc(C)cc1COc1c(N)cc(Cl)cc1Br. The molecule has 0 saturated heterocycles. The van der Waals surface area contributed by atoms with Gasteiger partial charge in [-0.05, 0) is 47.1 Å². The van der Waals surface area contributed by atoms with Gasteiger partial charge in [0, 0.05) is 10.6 Å². The lowest BCUT2D eigenvalue weighted by Crippen LogP contribution is -2.02. The topological polar surface area (TPSA) is 44.5 Å². The van der Waals surface area contributed by atoms with E-state index >= 15 is 0 Å². The van der Waals surface area contributed by atoms with Gasteiger partial charge in [0.05, 0.1) is 17.3 Å². The monoisotopic (exact) mass is 355 g/mol. The summed E-state index contributed by atoms with van der Waals surface area (Å²) < 4.78 is 11.9. The summed E-state index contributed by atoms with van der Waals surface area (Å²) in [6.07, 6.45) is 0. The van der Waals surface area contributed by atoms with Gasteiger partial charge < -0.3 is 15.2 Å². The number of nitrogen functional groups attached to an aromatic ring is 1. The highest BCUT2D eigenvalue weighted by atomic mass is 79.9. The van der Waals surface area contributed by atoms with E-state index in [9.17, 15) is 0 Å². The molecule has 2 rings (SSSR count). The highest BCUT2D eigenvalue weighted by Crippen LogP contribution is 2.35. The van der Waals surface area contributed by atoms with Crippen molar-refractivity contribution in [2.24, 2.45) is 0 Å². The minimum atomic E-state index is 0.370. The van der Waals surface area contributed by atoms with Crippen molar-refractivity contribution in [1.82, 2.24) is 0 Å². The number of rotatable bonds is 4. The third-order valence-electron chi connectivity index (χ3n) is 2.85. The van der Waals surface area contributed by atoms with Crippen molar-refractivity contribution in [1.29, 1.82) is 0 Å². The molecule has 3 nitrogen and oxygen atoms in total. The molecule has 2 aromatic rings. The zero-order valence-corrected chi connectivity index (χ0v) is 13.6. The van der Waals surface area contributed by atoms with E-state index in [1.807, 2.05) is 25.1 Å². The van der Waals surface area contributed by atoms with Gasteiger partial charge in [-0.3, -0.25) is 0 Å². The van der Waals surface area contributed by atoms with Crippen LogP contribution in [0.2, 0.25) is 5.02 Å². The second-order valence-corrected chi connectivity index (χ2v) is 5.70. The van der Waals surface area contributed by atoms with E-state index in [4.69, 9.17) is 26.8 Å². The normalized spacial score (nSPS) is 10.4. The lowest BCUT2D eigenvalue weighted by molar-refractivity contribution is 0.296. The molecule has 0 saturated carbocycles. The number of hydrogen-bond donors (Lipinski definition) is 1. The molecule has 0 unspecified atom stereocenters. The van der Waals surface area contributed by atoms with Crippen LogP contribution in [0.3, 0.4) is 0 Å². The Balaban J connectivity index is 2.23. The van der Waals surface area contributed by atoms with E-state index in [2.05, 4.69) is 15.9 Å². The van der Waals surface area contributed by atoms with Crippen LogP contribution in [0.5, 0.6) is 11.5 Å². The Morgan fingerprint density at radius 2 is 2.00 bits per heavy atom. The quantitative estimate of drug-likeness (QED) is 0.815. The summed E-state index contributed by atoms with van der Waals surface area (Å²) in [5.41, 5.74) is 8.52. The van der Waals surface area contributed by atoms with Crippen LogP contribution < -0.4 is 15.2 Å². The van der Waals surface area contributed by atoms with E-state index in [-0.39, 0.29) is 0 Å². The summed E-state index contributed by atoms with van der Waals surface area (Å²) in [5.74, 6) is 1.37. The molecular weight excluding hydrogens is 342 g/mol. The fourth-order valence-corrected chi connectivity index (χ4v) is 2.85. The number of hydrogen-bond acceptors (Lipinski definition) is 3. The number of methoxy groups -OCH3 is 1. The molecule has 0 spiro atoms. The largest absolute Gasteiger partial charge is 0.496 e. The first-order chi connectivity index (χ1) is 9.51. The van der Waals surface area contributed by atoms with Crippen LogP contribution in [-0.4, -0.2) is 7.11 Å². The summed E-state index contributed by atoms with van der Waals surface area (Å²) in [4.78, 5) is 0. The van der Waals surface area contributed by atoms with Crippen LogP contribution in [0.1, 0.15) is 11.1 Å². The van der Waals surface area contributed by atoms with Gasteiger partial charge in [0.2, 0.25) is 0 Å². The van der Waals surface area contributed by atoms with Gasteiger partial charge in [-0.25, -0.2) is 0 Å². The molecule has 0 bridgehead atoms. The third kappa shape index (κ3) is 3.38. The van der Waals surface area contributed by atoms with Crippen LogP contribution in [0.25, 0.3) is 0 Å². The Hall–Kier alpha value is -1.39. The molecule has 0 heterocycles. The summed E-state index contributed by atoms with van der Waals surface area (Å²) in [6.45, 7) is 2.39. The molecule has 0 aliphatic rings. The van der Waals surface area contributed by atoms with Crippen LogP contribution in [-0.2, 0) is 6.61 Å². The number of anilines is 1. The summed E-state index contributed by atoms with van der Waals surface area (Å²) >= 11 is 9.32. The van der Waals surface area contributed by atoms with Crippen molar-refractivity contribution < 1.29 is 9.47 Å². The maximum absolute atomic E-state index is 5.92. The molecule has 20 heavy (non-hydrogen) atoms. The van der Waals surface area contributed by atoms with Crippen LogP contribution in [0.4, 0.5) is 5.69 Å². The van der Waals surface area contributed by atoms with Gasteiger partial charge in [0.25, 0.3) is 0 Å². The minimum Gasteiger partial charge on any atom is -0.496 e. The standard InChI is InChI=1S/C15H15BrClNO2/c1-9-3-4-14(19-2)10(5-9)8-20-15-12(16)6-11(17)7-13(15)18/h3-7H,8,18H2,1-2H3. The predicted molar refractivity (Wildman–Crippen MR) is 85.6 cm³/mol. The lowest BCUT2D eigenvalue weighted by atomic mass is 10.1.